The Hall–Kier alpha value is -3.48. The number of hydrogen-bond acceptors (Lipinski definition) is 4. The Balaban J connectivity index is 1.25. The van der Waals surface area contributed by atoms with Crippen molar-refractivity contribution in [2.24, 2.45) is 5.92 Å². The number of esters is 1. The number of carbonyl (C=O) groups excluding carboxylic acids is 2. The summed E-state index contributed by atoms with van der Waals surface area (Å²) in [5, 5.41) is 2.83. The molecule has 2 aliphatic rings. The number of nitrogens with zero attached hydrogens (tertiary/aromatic N) is 2. The standard InChI is InChI=1S/C23H20FN3O3/c24-18-7-3-4-8-19(18)27-13-20(25-14-27)26-21(28)15-9-11-23(12-10-15)17-6-2-1-5-16(17)22(29)30-23/h1-8,13-15H,9-12H2,(H,26,28)/t15-,23-. The van der Waals surface area contributed by atoms with E-state index in [9.17, 15) is 14.0 Å². The lowest BCUT2D eigenvalue weighted by Crippen LogP contribution is -2.36. The third-order valence-corrected chi connectivity index (χ3v) is 6.05. The molecule has 1 aliphatic heterocycles. The molecule has 2 aromatic carbocycles. The van der Waals surface area contributed by atoms with Crippen molar-refractivity contribution in [3.63, 3.8) is 0 Å². The number of anilines is 1. The number of carbonyl (C=O) groups is 2. The van der Waals surface area contributed by atoms with E-state index in [0.717, 1.165) is 5.56 Å². The maximum absolute atomic E-state index is 13.9. The second-order valence-electron chi connectivity index (χ2n) is 7.81. The lowest BCUT2D eigenvalue weighted by Gasteiger charge is -2.35. The predicted octanol–water partition coefficient (Wildman–Crippen LogP) is 4.21. The molecule has 1 aliphatic carbocycles. The van der Waals surface area contributed by atoms with Crippen LogP contribution in [0.5, 0.6) is 0 Å². The van der Waals surface area contributed by atoms with Gasteiger partial charge in [-0.3, -0.25) is 4.79 Å². The molecular formula is C23H20FN3O3. The van der Waals surface area contributed by atoms with Crippen molar-refractivity contribution in [1.29, 1.82) is 0 Å². The maximum atomic E-state index is 13.9. The van der Waals surface area contributed by atoms with Gasteiger partial charge in [0.25, 0.3) is 0 Å². The molecule has 1 fully saturated rings. The Labute approximate surface area is 172 Å². The van der Waals surface area contributed by atoms with Crippen LogP contribution in [-0.4, -0.2) is 21.4 Å². The molecule has 3 aromatic rings. The number of amides is 1. The quantitative estimate of drug-likeness (QED) is 0.663. The fourth-order valence-corrected chi connectivity index (χ4v) is 4.47. The van der Waals surface area contributed by atoms with Gasteiger partial charge >= 0.3 is 5.97 Å². The van der Waals surface area contributed by atoms with Crippen LogP contribution < -0.4 is 5.32 Å². The number of nitrogens with one attached hydrogen (secondary N) is 1. The van der Waals surface area contributed by atoms with Crippen LogP contribution in [0.4, 0.5) is 10.2 Å². The molecule has 0 atom stereocenters. The summed E-state index contributed by atoms with van der Waals surface area (Å²) in [6, 6.07) is 13.8. The summed E-state index contributed by atoms with van der Waals surface area (Å²) < 4.78 is 21.2. The molecule has 0 saturated heterocycles. The minimum atomic E-state index is -0.614. The van der Waals surface area contributed by atoms with E-state index in [1.54, 1.807) is 30.5 Å². The van der Waals surface area contributed by atoms with Crippen molar-refractivity contribution in [2.45, 2.75) is 31.3 Å². The summed E-state index contributed by atoms with van der Waals surface area (Å²) in [5.41, 5.74) is 1.31. The molecule has 1 N–H and O–H groups in total. The number of para-hydroxylation sites is 1. The van der Waals surface area contributed by atoms with Gasteiger partial charge in [-0.2, -0.15) is 0 Å². The van der Waals surface area contributed by atoms with Crippen molar-refractivity contribution >= 4 is 17.7 Å². The van der Waals surface area contributed by atoms with Crippen LogP contribution >= 0.6 is 0 Å². The highest BCUT2D eigenvalue weighted by Gasteiger charge is 2.48. The second kappa shape index (κ2) is 7.09. The minimum absolute atomic E-state index is 0.124. The zero-order valence-electron chi connectivity index (χ0n) is 16.2. The Morgan fingerprint density at radius 1 is 1.13 bits per heavy atom. The normalized spacial score (nSPS) is 22.6. The zero-order chi connectivity index (χ0) is 20.7. The fraction of sp³-hybridized carbons (Fsp3) is 0.261. The average molecular weight is 405 g/mol. The van der Waals surface area contributed by atoms with Gasteiger partial charge in [-0.05, 0) is 43.9 Å². The maximum Gasteiger partial charge on any atom is 0.339 e. The first kappa shape index (κ1) is 18.5. The fourth-order valence-electron chi connectivity index (χ4n) is 4.47. The highest BCUT2D eigenvalue weighted by atomic mass is 19.1. The topological polar surface area (TPSA) is 73.2 Å². The number of halogens is 1. The largest absolute Gasteiger partial charge is 0.451 e. The number of ether oxygens (including phenoxy) is 1. The van der Waals surface area contributed by atoms with Crippen LogP contribution in [0.3, 0.4) is 0 Å². The van der Waals surface area contributed by atoms with Gasteiger partial charge < -0.3 is 14.6 Å². The zero-order valence-corrected chi connectivity index (χ0v) is 16.2. The van der Waals surface area contributed by atoms with Crippen LogP contribution in [0.15, 0.2) is 61.1 Å². The van der Waals surface area contributed by atoms with Crippen molar-refractivity contribution in [2.75, 3.05) is 5.32 Å². The lowest BCUT2D eigenvalue weighted by molar-refractivity contribution is -0.122. The number of fused-ring (bicyclic) bond motifs is 2. The van der Waals surface area contributed by atoms with E-state index in [1.807, 2.05) is 18.2 Å². The molecule has 0 radical (unpaired) electrons. The van der Waals surface area contributed by atoms with Crippen molar-refractivity contribution in [3.8, 4) is 5.69 Å². The number of benzene rings is 2. The van der Waals surface area contributed by atoms with Crippen LogP contribution in [0.2, 0.25) is 0 Å². The van der Waals surface area contributed by atoms with Crippen molar-refractivity contribution in [1.82, 2.24) is 9.55 Å². The molecule has 1 saturated carbocycles. The molecule has 0 bridgehead atoms. The average Bonchev–Trinajstić information content (AvgIpc) is 3.32. The van der Waals surface area contributed by atoms with Gasteiger partial charge in [-0.25, -0.2) is 14.2 Å². The van der Waals surface area contributed by atoms with Gasteiger partial charge in [0.1, 0.15) is 17.7 Å². The molecule has 2 heterocycles. The molecular weight excluding hydrogens is 385 g/mol. The molecule has 1 spiro atoms. The first-order valence-corrected chi connectivity index (χ1v) is 9.98. The number of rotatable bonds is 3. The third-order valence-electron chi connectivity index (χ3n) is 6.05. The summed E-state index contributed by atoms with van der Waals surface area (Å²) in [5.74, 6) is -0.591. The van der Waals surface area contributed by atoms with E-state index in [1.165, 1.54) is 17.0 Å². The smallest absolute Gasteiger partial charge is 0.339 e. The summed E-state index contributed by atoms with van der Waals surface area (Å²) in [7, 11) is 0. The summed E-state index contributed by atoms with van der Waals surface area (Å²) in [6.45, 7) is 0. The van der Waals surface area contributed by atoms with Crippen molar-refractivity contribution < 1.29 is 18.7 Å². The molecule has 0 unspecified atom stereocenters. The summed E-state index contributed by atoms with van der Waals surface area (Å²) in [4.78, 5) is 29.1. The van der Waals surface area contributed by atoms with Gasteiger partial charge in [0, 0.05) is 11.5 Å². The molecule has 30 heavy (non-hydrogen) atoms. The summed E-state index contributed by atoms with van der Waals surface area (Å²) >= 11 is 0. The van der Waals surface area contributed by atoms with Crippen LogP contribution in [0.25, 0.3) is 5.69 Å². The molecule has 1 aromatic heterocycles. The highest BCUT2D eigenvalue weighted by molar-refractivity contribution is 5.95. The molecule has 5 rings (SSSR count). The van der Waals surface area contributed by atoms with Crippen molar-refractivity contribution in [3.05, 3.63) is 78.0 Å². The lowest BCUT2D eigenvalue weighted by atomic mass is 9.74. The van der Waals surface area contributed by atoms with Gasteiger partial charge in [0.2, 0.25) is 5.91 Å². The Bertz CT molecular complexity index is 1130. The van der Waals surface area contributed by atoms with E-state index in [2.05, 4.69) is 10.3 Å². The summed E-state index contributed by atoms with van der Waals surface area (Å²) in [6.07, 6.45) is 5.51. The Morgan fingerprint density at radius 2 is 1.87 bits per heavy atom. The van der Waals surface area contributed by atoms with E-state index in [0.29, 0.717) is 42.8 Å². The number of hydrogen-bond donors (Lipinski definition) is 1. The first-order chi connectivity index (χ1) is 14.6. The van der Waals surface area contributed by atoms with E-state index in [-0.39, 0.29) is 23.6 Å². The van der Waals surface area contributed by atoms with Crippen LogP contribution in [-0.2, 0) is 15.1 Å². The predicted molar refractivity (Wildman–Crippen MR) is 108 cm³/mol. The van der Waals surface area contributed by atoms with Gasteiger partial charge in [0.05, 0.1) is 17.4 Å². The van der Waals surface area contributed by atoms with E-state index in [4.69, 9.17) is 4.74 Å². The number of aromatic nitrogens is 2. The first-order valence-electron chi connectivity index (χ1n) is 9.98. The highest BCUT2D eigenvalue weighted by Crippen LogP contribution is 2.48. The van der Waals surface area contributed by atoms with Gasteiger partial charge in [-0.1, -0.05) is 30.3 Å². The second-order valence-corrected chi connectivity index (χ2v) is 7.81. The minimum Gasteiger partial charge on any atom is -0.451 e. The molecule has 7 heteroatoms. The monoisotopic (exact) mass is 405 g/mol. The molecule has 152 valence electrons. The third kappa shape index (κ3) is 3.07. The number of imidazole rings is 1. The van der Waals surface area contributed by atoms with Crippen LogP contribution in [0.1, 0.15) is 41.6 Å². The molecule has 6 nitrogen and oxygen atoms in total. The Morgan fingerprint density at radius 3 is 2.67 bits per heavy atom. The molecule has 1 amide bonds. The van der Waals surface area contributed by atoms with Gasteiger partial charge in [-0.15, -0.1) is 0 Å². The Kier molecular flexibility index (Phi) is 4.38. The van der Waals surface area contributed by atoms with E-state index < -0.39 is 5.60 Å². The SMILES string of the molecule is O=C1O[C@]2(CC[C@H](C(=O)Nc3cn(-c4ccccc4F)cn3)CC2)c2ccccc21. The van der Waals surface area contributed by atoms with Crippen LogP contribution in [0, 0.1) is 11.7 Å². The van der Waals surface area contributed by atoms with E-state index >= 15 is 0 Å². The van der Waals surface area contributed by atoms with Gasteiger partial charge in [0.15, 0.2) is 5.82 Å².